The maximum absolute atomic E-state index is 11.8. The topological polar surface area (TPSA) is 125 Å². The summed E-state index contributed by atoms with van der Waals surface area (Å²) in [5.74, 6) is -1.20. The van der Waals surface area contributed by atoms with Crippen LogP contribution in [0.1, 0.15) is 36.8 Å². The first-order valence-corrected chi connectivity index (χ1v) is 7.35. The van der Waals surface area contributed by atoms with Gasteiger partial charge in [0, 0.05) is 23.6 Å². The van der Waals surface area contributed by atoms with E-state index in [4.69, 9.17) is 9.26 Å². The Balaban J connectivity index is 1.88. The molecule has 132 valence electrons. The van der Waals surface area contributed by atoms with Crippen LogP contribution in [-0.2, 0) is 14.9 Å². The zero-order valence-electron chi connectivity index (χ0n) is 13.9. The molecule has 0 atom stereocenters. The number of ether oxygens (including phenoxy) is 1. The maximum atomic E-state index is 11.8. The number of nitrogens with zero attached hydrogens (tertiary/aromatic N) is 2. The van der Waals surface area contributed by atoms with Crippen LogP contribution in [0.25, 0.3) is 0 Å². The van der Waals surface area contributed by atoms with E-state index in [-0.39, 0.29) is 22.6 Å². The van der Waals surface area contributed by atoms with E-state index in [2.05, 4.69) is 10.5 Å². The number of hydrogen-bond donors (Lipinski definition) is 1. The highest BCUT2D eigenvalue weighted by molar-refractivity contribution is 5.94. The smallest absolute Gasteiger partial charge is 0.338 e. The average Bonchev–Trinajstić information content (AvgIpc) is 3.01. The van der Waals surface area contributed by atoms with Crippen molar-refractivity contribution in [2.45, 2.75) is 26.2 Å². The summed E-state index contributed by atoms with van der Waals surface area (Å²) in [6, 6.07) is 6.46. The van der Waals surface area contributed by atoms with E-state index < -0.39 is 23.4 Å². The third-order valence-corrected chi connectivity index (χ3v) is 3.19. The summed E-state index contributed by atoms with van der Waals surface area (Å²) in [4.78, 5) is 33.6. The van der Waals surface area contributed by atoms with E-state index >= 15 is 0 Å². The van der Waals surface area contributed by atoms with E-state index in [0.717, 1.165) is 0 Å². The number of hydrogen-bond acceptors (Lipinski definition) is 7. The lowest BCUT2D eigenvalue weighted by atomic mass is 9.92. The van der Waals surface area contributed by atoms with Crippen LogP contribution in [0.4, 0.5) is 11.6 Å². The zero-order valence-corrected chi connectivity index (χ0v) is 13.9. The lowest BCUT2D eigenvalue weighted by Crippen LogP contribution is -2.20. The van der Waals surface area contributed by atoms with Crippen molar-refractivity contribution < 1.29 is 23.8 Å². The van der Waals surface area contributed by atoms with Crippen molar-refractivity contribution in [3.63, 3.8) is 0 Å². The van der Waals surface area contributed by atoms with Gasteiger partial charge in [-0.2, -0.15) is 0 Å². The summed E-state index contributed by atoms with van der Waals surface area (Å²) >= 11 is 0. The predicted molar refractivity (Wildman–Crippen MR) is 87.2 cm³/mol. The Morgan fingerprint density at radius 2 is 1.92 bits per heavy atom. The summed E-state index contributed by atoms with van der Waals surface area (Å²) in [7, 11) is 0. The quantitative estimate of drug-likeness (QED) is 0.501. The highest BCUT2D eigenvalue weighted by atomic mass is 16.6. The van der Waals surface area contributed by atoms with E-state index in [0.29, 0.717) is 5.69 Å². The van der Waals surface area contributed by atoms with E-state index in [9.17, 15) is 19.7 Å². The summed E-state index contributed by atoms with van der Waals surface area (Å²) < 4.78 is 9.86. The highest BCUT2D eigenvalue weighted by Crippen LogP contribution is 2.23. The van der Waals surface area contributed by atoms with Gasteiger partial charge >= 0.3 is 5.97 Å². The summed E-state index contributed by atoms with van der Waals surface area (Å²) in [5, 5.41) is 16.8. The third-order valence-electron chi connectivity index (χ3n) is 3.19. The number of nitro groups is 1. The Kier molecular flexibility index (Phi) is 5.16. The van der Waals surface area contributed by atoms with E-state index in [1.165, 1.54) is 24.3 Å². The third kappa shape index (κ3) is 4.87. The van der Waals surface area contributed by atoms with Gasteiger partial charge in [-0.25, -0.2) is 4.79 Å². The van der Waals surface area contributed by atoms with Crippen LogP contribution in [0, 0.1) is 10.1 Å². The van der Waals surface area contributed by atoms with Gasteiger partial charge in [0.25, 0.3) is 11.6 Å². The van der Waals surface area contributed by atoms with Gasteiger partial charge in [0.2, 0.25) is 5.88 Å². The van der Waals surface area contributed by atoms with Crippen molar-refractivity contribution >= 4 is 23.4 Å². The van der Waals surface area contributed by atoms with Crippen molar-refractivity contribution in [2.24, 2.45) is 0 Å². The second kappa shape index (κ2) is 7.12. The minimum Gasteiger partial charge on any atom is -0.452 e. The van der Waals surface area contributed by atoms with Crippen molar-refractivity contribution in [3.05, 3.63) is 51.7 Å². The molecule has 0 radical (unpaired) electrons. The van der Waals surface area contributed by atoms with Crippen LogP contribution in [0.3, 0.4) is 0 Å². The number of nitrogens with one attached hydrogen (secondary N) is 1. The van der Waals surface area contributed by atoms with Crippen LogP contribution in [-0.4, -0.2) is 28.6 Å². The molecule has 1 aromatic carbocycles. The minimum absolute atomic E-state index is 0.105. The van der Waals surface area contributed by atoms with Crippen molar-refractivity contribution in [1.82, 2.24) is 5.16 Å². The molecule has 0 aliphatic heterocycles. The molecule has 0 unspecified atom stereocenters. The van der Waals surface area contributed by atoms with E-state index in [1.807, 2.05) is 20.8 Å². The molecule has 1 amide bonds. The average molecular weight is 347 g/mol. The molecular weight excluding hydrogens is 330 g/mol. The van der Waals surface area contributed by atoms with Crippen LogP contribution < -0.4 is 5.32 Å². The second-order valence-electron chi connectivity index (χ2n) is 6.25. The van der Waals surface area contributed by atoms with Gasteiger partial charge in [0.05, 0.1) is 16.2 Å². The fraction of sp³-hybridized carbons (Fsp3) is 0.312. The first kappa shape index (κ1) is 18.1. The molecule has 0 saturated heterocycles. The number of benzene rings is 1. The number of aromatic nitrogens is 1. The fourth-order valence-electron chi connectivity index (χ4n) is 1.79. The highest BCUT2D eigenvalue weighted by Gasteiger charge is 2.20. The Morgan fingerprint density at radius 1 is 1.28 bits per heavy atom. The summed E-state index contributed by atoms with van der Waals surface area (Å²) in [5.41, 5.74) is 0.405. The SMILES string of the molecule is CC(C)(C)c1cc(NC(=O)COC(=O)c2ccc([N+](=O)[O-])cc2)on1. The number of carbonyl (C=O) groups excluding carboxylic acids is 2. The predicted octanol–water partition coefficient (Wildman–Crippen LogP) is 2.68. The maximum Gasteiger partial charge on any atom is 0.338 e. The van der Waals surface area contributed by atoms with Gasteiger partial charge in [0.15, 0.2) is 6.61 Å². The van der Waals surface area contributed by atoms with Gasteiger partial charge in [-0.05, 0) is 12.1 Å². The standard InChI is InChI=1S/C16H17N3O6/c1-16(2,3)12-8-14(25-18-12)17-13(20)9-24-15(21)10-4-6-11(7-5-10)19(22)23/h4-8H,9H2,1-3H3,(H,17,20). The lowest BCUT2D eigenvalue weighted by molar-refractivity contribution is -0.384. The van der Waals surface area contributed by atoms with Crippen LogP contribution in [0.2, 0.25) is 0 Å². The number of nitro benzene ring substituents is 1. The molecule has 0 saturated carbocycles. The Hall–Kier alpha value is -3.23. The number of amides is 1. The number of esters is 1. The van der Waals surface area contributed by atoms with Crippen LogP contribution in [0.15, 0.2) is 34.9 Å². The fourth-order valence-corrected chi connectivity index (χ4v) is 1.79. The molecule has 0 aliphatic carbocycles. The van der Waals surface area contributed by atoms with Gasteiger partial charge in [-0.1, -0.05) is 25.9 Å². The molecule has 9 heteroatoms. The molecule has 25 heavy (non-hydrogen) atoms. The molecule has 1 N–H and O–H groups in total. The number of carbonyl (C=O) groups is 2. The summed E-state index contributed by atoms with van der Waals surface area (Å²) in [6.07, 6.45) is 0. The molecule has 0 aliphatic rings. The molecule has 2 rings (SSSR count). The Labute approximate surface area is 143 Å². The molecule has 0 fully saturated rings. The number of non-ortho nitro benzene ring substituents is 1. The Bertz CT molecular complexity index is 789. The number of rotatable bonds is 5. The van der Waals surface area contributed by atoms with Crippen molar-refractivity contribution in [2.75, 3.05) is 11.9 Å². The Morgan fingerprint density at radius 3 is 2.44 bits per heavy atom. The molecular formula is C16H17N3O6. The van der Waals surface area contributed by atoms with E-state index in [1.54, 1.807) is 6.07 Å². The summed E-state index contributed by atoms with van der Waals surface area (Å²) in [6.45, 7) is 5.31. The lowest BCUT2D eigenvalue weighted by Gasteiger charge is -2.12. The normalized spacial score (nSPS) is 11.0. The second-order valence-corrected chi connectivity index (χ2v) is 6.25. The molecule has 0 spiro atoms. The van der Waals surface area contributed by atoms with Gasteiger partial charge in [-0.15, -0.1) is 0 Å². The largest absolute Gasteiger partial charge is 0.452 e. The van der Waals surface area contributed by atoms with Gasteiger partial charge in [-0.3, -0.25) is 20.2 Å². The van der Waals surface area contributed by atoms with Crippen molar-refractivity contribution in [3.8, 4) is 0 Å². The molecule has 1 aromatic heterocycles. The minimum atomic E-state index is -0.766. The number of anilines is 1. The molecule has 0 bridgehead atoms. The first-order chi connectivity index (χ1) is 11.7. The zero-order chi connectivity index (χ0) is 18.6. The monoisotopic (exact) mass is 347 g/mol. The first-order valence-electron chi connectivity index (χ1n) is 7.35. The van der Waals surface area contributed by atoms with Crippen LogP contribution in [0.5, 0.6) is 0 Å². The molecule has 2 aromatic rings. The molecule has 1 heterocycles. The van der Waals surface area contributed by atoms with Crippen LogP contribution >= 0.6 is 0 Å². The van der Waals surface area contributed by atoms with Crippen molar-refractivity contribution in [1.29, 1.82) is 0 Å². The van der Waals surface area contributed by atoms with Gasteiger partial charge in [0.1, 0.15) is 0 Å². The van der Waals surface area contributed by atoms with Gasteiger partial charge < -0.3 is 9.26 Å². The molecule has 9 nitrogen and oxygen atoms in total.